The number of fused-ring (bicyclic) bond motifs is 1. The third kappa shape index (κ3) is 3.73. The maximum atomic E-state index is 14.8. The molecule has 0 fully saturated rings. The minimum atomic E-state index is -1.17. The molecule has 1 amide bonds. The van der Waals surface area contributed by atoms with Gasteiger partial charge in [-0.1, -0.05) is 30.3 Å². The van der Waals surface area contributed by atoms with E-state index in [1.165, 1.54) is 11.0 Å². The van der Waals surface area contributed by atoms with E-state index in [0.29, 0.717) is 17.7 Å². The number of alkyl halides is 1. The number of imidazole rings is 1. The number of aromatic nitrogens is 2. The number of methoxy groups -OCH3 is 1. The fourth-order valence-corrected chi connectivity index (χ4v) is 3.87. The molecule has 1 aliphatic rings. The van der Waals surface area contributed by atoms with Crippen LogP contribution in [0.25, 0.3) is 11.8 Å². The highest BCUT2D eigenvalue weighted by molar-refractivity contribution is 5.92. The van der Waals surface area contributed by atoms with E-state index in [0.717, 1.165) is 22.5 Å². The topological polar surface area (TPSA) is 47.4 Å². The molecule has 154 valence electrons. The van der Waals surface area contributed by atoms with Gasteiger partial charge in [-0.05, 0) is 48.2 Å². The molecule has 0 aliphatic heterocycles. The Hall–Kier alpha value is -3.41. The zero-order valence-electron chi connectivity index (χ0n) is 17.2. The second-order valence-corrected chi connectivity index (χ2v) is 7.51. The predicted octanol–water partition coefficient (Wildman–Crippen LogP) is 4.30. The van der Waals surface area contributed by atoms with Crippen LogP contribution in [-0.2, 0) is 11.2 Å². The summed E-state index contributed by atoms with van der Waals surface area (Å²) < 4.78 is 22.2. The molecule has 0 saturated carbocycles. The van der Waals surface area contributed by atoms with Crippen molar-refractivity contribution in [2.45, 2.75) is 25.6 Å². The summed E-state index contributed by atoms with van der Waals surface area (Å²) in [6.45, 7) is 1.92. The number of benzene rings is 2. The molecule has 3 aromatic rings. The van der Waals surface area contributed by atoms with Gasteiger partial charge in [-0.2, -0.15) is 0 Å². The molecule has 1 aromatic heterocycles. The van der Waals surface area contributed by atoms with Crippen molar-refractivity contribution in [2.75, 3.05) is 14.2 Å². The van der Waals surface area contributed by atoms with E-state index in [1.807, 2.05) is 54.1 Å². The lowest BCUT2D eigenvalue weighted by atomic mass is 10.1. The van der Waals surface area contributed by atoms with Gasteiger partial charge in [-0.15, -0.1) is 0 Å². The summed E-state index contributed by atoms with van der Waals surface area (Å²) in [6.07, 6.45) is 6.21. The summed E-state index contributed by atoms with van der Waals surface area (Å²) >= 11 is 0. The normalized spacial score (nSPS) is 17.9. The summed E-state index contributed by atoms with van der Waals surface area (Å²) in [5.74, 6) is 0.439. The number of nitrogens with zero attached hydrogens (tertiary/aromatic N) is 3. The molecule has 5 nitrogen and oxygen atoms in total. The van der Waals surface area contributed by atoms with Crippen LogP contribution in [0.15, 0.2) is 61.1 Å². The van der Waals surface area contributed by atoms with E-state index in [-0.39, 0.29) is 5.91 Å². The van der Waals surface area contributed by atoms with E-state index >= 15 is 0 Å². The van der Waals surface area contributed by atoms with Crippen LogP contribution in [0.1, 0.15) is 28.6 Å². The Morgan fingerprint density at radius 2 is 2.10 bits per heavy atom. The van der Waals surface area contributed by atoms with Crippen molar-refractivity contribution >= 4 is 12.0 Å². The van der Waals surface area contributed by atoms with Gasteiger partial charge in [0.2, 0.25) is 5.91 Å². The van der Waals surface area contributed by atoms with Gasteiger partial charge in [0, 0.05) is 19.3 Å². The zero-order valence-corrected chi connectivity index (χ0v) is 17.2. The number of carbonyl (C=O) groups excluding carboxylic acids is 1. The van der Waals surface area contributed by atoms with Crippen molar-refractivity contribution < 1.29 is 13.9 Å². The first kappa shape index (κ1) is 19.9. The van der Waals surface area contributed by atoms with E-state index in [2.05, 4.69) is 4.98 Å². The molecule has 0 N–H and O–H groups in total. The number of halogens is 1. The Bertz CT molecular complexity index is 1110. The highest BCUT2D eigenvalue weighted by Crippen LogP contribution is 2.36. The highest BCUT2D eigenvalue weighted by Gasteiger charge is 2.36. The first-order valence-corrected chi connectivity index (χ1v) is 9.83. The molecule has 6 heteroatoms. The Morgan fingerprint density at radius 1 is 1.30 bits per heavy atom. The van der Waals surface area contributed by atoms with Crippen LogP contribution in [0.2, 0.25) is 0 Å². The average Bonchev–Trinajstić information content (AvgIpc) is 3.34. The van der Waals surface area contributed by atoms with Gasteiger partial charge in [-0.3, -0.25) is 4.79 Å². The molecular formula is C24H24FN3O2. The number of amides is 1. The molecule has 0 spiro atoms. The average molecular weight is 405 g/mol. The van der Waals surface area contributed by atoms with Crippen molar-refractivity contribution in [3.63, 3.8) is 0 Å². The van der Waals surface area contributed by atoms with Crippen molar-refractivity contribution in [3.8, 4) is 11.4 Å². The Kier molecular flexibility index (Phi) is 5.40. The lowest BCUT2D eigenvalue weighted by molar-refractivity contribution is -0.127. The molecular weight excluding hydrogens is 381 g/mol. The summed E-state index contributed by atoms with van der Waals surface area (Å²) in [6, 6.07) is 12.6. The number of carbonyl (C=O) groups is 1. The van der Waals surface area contributed by atoms with Crippen molar-refractivity contribution in [2.24, 2.45) is 0 Å². The third-order valence-electron chi connectivity index (χ3n) is 5.58. The van der Waals surface area contributed by atoms with Crippen LogP contribution < -0.4 is 4.74 Å². The number of likely N-dealkylation sites (N-methyl/N-ethyl adjacent to an activating group) is 1. The van der Waals surface area contributed by atoms with Crippen molar-refractivity contribution in [1.29, 1.82) is 0 Å². The van der Waals surface area contributed by atoms with Gasteiger partial charge in [-0.25, -0.2) is 9.37 Å². The van der Waals surface area contributed by atoms with Gasteiger partial charge in [0.25, 0.3) is 0 Å². The lowest BCUT2D eigenvalue weighted by Gasteiger charge is -2.25. The van der Waals surface area contributed by atoms with E-state index in [1.54, 1.807) is 32.6 Å². The fourth-order valence-electron chi connectivity index (χ4n) is 3.87. The largest absolute Gasteiger partial charge is 0.495 e. The van der Waals surface area contributed by atoms with Crippen LogP contribution >= 0.6 is 0 Å². The Labute approximate surface area is 175 Å². The van der Waals surface area contributed by atoms with Gasteiger partial charge in [0.1, 0.15) is 11.9 Å². The molecule has 0 saturated heterocycles. The second kappa shape index (κ2) is 8.14. The van der Waals surface area contributed by atoms with Crippen LogP contribution in [0, 0.1) is 6.92 Å². The summed E-state index contributed by atoms with van der Waals surface area (Å²) in [5, 5.41) is 0. The summed E-state index contributed by atoms with van der Waals surface area (Å²) in [7, 11) is 3.26. The number of hydrogen-bond donors (Lipinski definition) is 0. The molecule has 0 bridgehead atoms. The zero-order chi connectivity index (χ0) is 21.3. The monoisotopic (exact) mass is 405 g/mol. The van der Waals surface area contributed by atoms with Crippen molar-refractivity contribution in [1.82, 2.24) is 14.5 Å². The quantitative estimate of drug-likeness (QED) is 0.595. The number of ether oxygens (including phenoxy) is 1. The Balaban J connectivity index is 1.49. The van der Waals surface area contributed by atoms with Crippen LogP contribution in [0.4, 0.5) is 4.39 Å². The number of aryl methyl sites for hydroxylation is 1. The molecule has 30 heavy (non-hydrogen) atoms. The molecule has 1 aliphatic carbocycles. The first-order valence-electron chi connectivity index (χ1n) is 9.83. The molecule has 4 rings (SSSR count). The van der Waals surface area contributed by atoms with E-state index < -0.39 is 12.2 Å². The first-order chi connectivity index (χ1) is 14.5. The Morgan fingerprint density at radius 3 is 2.80 bits per heavy atom. The van der Waals surface area contributed by atoms with Gasteiger partial charge < -0.3 is 14.2 Å². The lowest BCUT2D eigenvalue weighted by Crippen LogP contribution is -2.37. The molecule has 0 unspecified atom stereocenters. The van der Waals surface area contributed by atoms with Crippen LogP contribution in [-0.4, -0.2) is 40.6 Å². The van der Waals surface area contributed by atoms with Gasteiger partial charge >= 0.3 is 0 Å². The standard InChI is InChI=1S/C24H24FN3O2/c1-16-14-28(15-26-16)20-10-8-17(12-22(20)30-3)9-11-23(29)27(2)21-13-18-6-4-5-7-19(18)24(21)25/h4-12,14-15,21,24H,13H2,1-3H3/b11-9+/t21-,24+/m1/s1. The molecule has 1 heterocycles. The van der Waals surface area contributed by atoms with Crippen molar-refractivity contribution in [3.05, 3.63) is 83.4 Å². The smallest absolute Gasteiger partial charge is 0.246 e. The predicted molar refractivity (Wildman–Crippen MR) is 114 cm³/mol. The molecule has 0 radical (unpaired) electrons. The van der Waals surface area contributed by atoms with Gasteiger partial charge in [0.15, 0.2) is 0 Å². The molecule has 2 atom stereocenters. The van der Waals surface area contributed by atoms with Gasteiger partial charge in [0.05, 0.1) is 30.9 Å². The maximum Gasteiger partial charge on any atom is 0.246 e. The maximum absolute atomic E-state index is 14.8. The number of rotatable bonds is 5. The third-order valence-corrected chi connectivity index (χ3v) is 5.58. The second-order valence-electron chi connectivity index (χ2n) is 7.51. The van der Waals surface area contributed by atoms with Crippen LogP contribution in [0.3, 0.4) is 0 Å². The fraction of sp³-hybridized carbons (Fsp3) is 0.250. The minimum absolute atomic E-state index is 0.233. The highest BCUT2D eigenvalue weighted by atomic mass is 19.1. The summed E-state index contributed by atoms with van der Waals surface area (Å²) in [4.78, 5) is 18.4. The van der Waals surface area contributed by atoms with E-state index in [4.69, 9.17) is 4.74 Å². The summed E-state index contributed by atoms with van der Waals surface area (Å²) in [5.41, 5.74) is 4.24. The molecule has 2 aromatic carbocycles. The number of hydrogen-bond acceptors (Lipinski definition) is 3. The SMILES string of the molecule is COc1cc(/C=C/C(=O)N(C)[C@@H]2Cc3ccccc3[C@@H]2F)ccc1-n1cnc(C)c1. The minimum Gasteiger partial charge on any atom is -0.495 e. The van der Waals surface area contributed by atoms with Crippen LogP contribution in [0.5, 0.6) is 5.75 Å². The van der Waals surface area contributed by atoms with E-state index in [9.17, 15) is 9.18 Å².